The molecule has 1 saturated heterocycles. The summed E-state index contributed by atoms with van der Waals surface area (Å²) in [6.07, 6.45) is 4.64. The molecule has 1 fully saturated rings. The van der Waals surface area contributed by atoms with Crippen LogP contribution in [0.25, 0.3) is 0 Å². The van der Waals surface area contributed by atoms with Gasteiger partial charge in [-0.1, -0.05) is 6.92 Å². The van der Waals surface area contributed by atoms with Gasteiger partial charge in [0.25, 0.3) is 0 Å². The fraction of sp³-hybridized carbons (Fsp3) is 0.600. The second-order valence-corrected chi connectivity index (χ2v) is 3.65. The first-order chi connectivity index (χ1) is 7.29. The van der Waals surface area contributed by atoms with Gasteiger partial charge in [-0.05, 0) is 6.42 Å². The summed E-state index contributed by atoms with van der Waals surface area (Å²) in [6, 6.07) is 0. The van der Waals surface area contributed by atoms with Crippen LogP contribution in [0.2, 0.25) is 0 Å². The number of nitrogens with zero attached hydrogens (tertiary/aromatic N) is 3. The Morgan fingerprint density at radius 3 is 3.07 bits per heavy atom. The molecule has 0 saturated carbocycles. The van der Waals surface area contributed by atoms with Crippen LogP contribution in [0.1, 0.15) is 13.3 Å². The molecule has 1 aliphatic rings. The van der Waals surface area contributed by atoms with Crippen molar-refractivity contribution in [2.75, 3.05) is 30.3 Å². The molecule has 2 heterocycles. The lowest BCUT2D eigenvalue weighted by Crippen LogP contribution is -2.42. The molecule has 0 bridgehead atoms. The average Bonchev–Trinajstić information content (AvgIpc) is 2.30. The number of anilines is 2. The third kappa shape index (κ3) is 2.36. The minimum Gasteiger partial charge on any atom is -0.382 e. The van der Waals surface area contributed by atoms with E-state index < -0.39 is 0 Å². The smallest absolute Gasteiger partial charge is 0.147 e. The Hall–Kier alpha value is -1.36. The summed E-state index contributed by atoms with van der Waals surface area (Å²) in [4.78, 5) is 10.5. The molecular formula is C10H16N4O. The summed E-state index contributed by atoms with van der Waals surface area (Å²) in [6.45, 7) is 4.64. The predicted molar refractivity (Wildman–Crippen MR) is 58.7 cm³/mol. The Morgan fingerprint density at radius 1 is 1.53 bits per heavy atom. The van der Waals surface area contributed by atoms with Crippen LogP contribution in [0.4, 0.5) is 11.6 Å². The molecule has 1 aromatic heterocycles. The van der Waals surface area contributed by atoms with E-state index >= 15 is 0 Å². The summed E-state index contributed by atoms with van der Waals surface area (Å²) in [7, 11) is 0. The van der Waals surface area contributed by atoms with Crippen molar-refractivity contribution >= 4 is 11.6 Å². The summed E-state index contributed by atoms with van der Waals surface area (Å²) in [5, 5.41) is 0. The van der Waals surface area contributed by atoms with Gasteiger partial charge in [0.15, 0.2) is 0 Å². The monoisotopic (exact) mass is 208 g/mol. The maximum Gasteiger partial charge on any atom is 0.147 e. The Bertz CT molecular complexity index is 314. The first-order valence-corrected chi connectivity index (χ1v) is 5.23. The summed E-state index contributed by atoms with van der Waals surface area (Å²) in [5.41, 5.74) is 5.49. The largest absolute Gasteiger partial charge is 0.382 e. The molecule has 5 nitrogen and oxygen atoms in total. The van der Waals surface area contributed by atoms with E-state index in [1.54, 1.807) is 12.4 Å². The zero-order valence-corrected chi connectivity index (χ0v) is 8.89. The molecule has 1 aromatic rings. The van der Waals surface area contributed by atoms with E-state index in [0.29, 0.717) is 11.9 Å². The van der Waals surface area contributed by atoms with Crippen molar-refractivity contribution in [1.82, 2.24) is 9.97 Å². The fourth-order valence-electron chi connectivity index (χ4n) is 1.67. The lowest BCUT2D eigenvalue weighted by Gasteiger charge is -2.33. The van der Waals surface area contributed by atoms with Gasteiger partial charge in [-0.2, -0.15) is 0 Å². The van der Waals surface area contributed by atoms with E-state index in [2.05, 4.69) is 21.8 Å². The van der Waals surface area contributed by atoms with Gasteiger partial charge in [-0.15, -0.1) is 0 Å². The highest BCUT2D eigenvalue weighted by molar-refractivity contribution is 5.39. The van der Waals surface area contributed by atoms with Gasteiger partial charge in [0, 0.05) is 13.1 Å². The van der Waals surface area contributed by atoms with E-state index in [1.165, 1.54) is 0 Å². The zero-order valence-electron chi connectivity index (χ0n) is 8.89. The van der Waals surface area contributed by atoms with Crippen LogP contribution in [-0.2, 0) is 4.74 Å². The lowest BCUT2D eigenvalue weighted by atomic mass is 10.2. The van der Waals surface area contributed by atoms with Gasteiger partial charge in [0.2, 0.25) is 0 Å². The number of rotatable bonds is 2. The standard InChI is InChI=1S/C10H16N4O/c1-2-8-7-14(3-4-15-8)10-6-12-9(11)5-13-10/h5-6,8H,2-4,7H2,1H3,(H2,11,12). The fourth-order valence-corrected chi connectivity index (χ4v) is 1.67. The summed E-state index contributed by atoms with van der Waals surface area (Å²) < 4.78 is 5.59. The third-order valence-corrected chi connectivity index (χ3v) is 2.58. The molecule has 15 heavy (non-hydrogen) atoms. The Morgan fingerprint density at radius 2 is 2.40 bits per heavy atom. The van der Waals surface area contributed by atoms with Crippen molar-refractivity contribution in [2.45, 2.75) is 19.4 Å². The van der Waals surface area contributed by atoms with Gasteiger partial charge in [-0.25, -0.2) is 9.97 Å². The van der Waals surface area contributed by atoms with Crippen LogP contribution < -0.4 is 10.6 Å². The molecule has 82 valence electrons. The molecule has 2 rings (SSSR count). The van der Waals surface area contributed by atoms with Crippen molar-refractivity contribution in [3.63, 3.8) is 0 Å². The third-order valence-electron chi connectivity index (χ3n) is 2.58. The molecule has 5 heteroatoms. The molecule has 2 N–H and O–H groups in total. The van der Waals surface area contributed by atoms with E-state index in [0.717, 1.165) is 31.9 Å². The van der Waals surface area contributed by atoms with E-state index in [-0.39, 0.29) is 0 Å². The Kier molecular flexibility index (Phi) is 3.01. The Balaban J connectivity index is 2.06. The minimum atomic E-state index is 0.304. The normalized spacial score (nSPS) is 21.7. The first kappa shape index (κ1) is 10.2. The van der Waals surface area contributed by atoms with Crippen LogP contribution in [0.3, 0.4) is 0 Å². The molecular weight excluding hydrogens is 192 g/mol. The molecule has 0 spiro atoms. The van der Waals surface area contributed by atoms with Crippen LogP contribution in [0.15, 0.2) is 12.4 Å². The number of hydrogen-bond donors (Lipinski definition) is 1. The molecule has 1 aliphatic heterocycles. The molecule has 0 aliphatic carbocycles. The van der Waals surface area contributed by atoms with E-state index in [4.69, 9.17) is 10.5 Å². The molecule has 0 aromatic carbocycles. The number of nitrogen functional groups attached to an aromatic ring is 1. The number of aromatic nitrogens is 2. The summed E-state index contributed by atoms with van der Waals surface area (Å²) in [5.74, 6) is 1.34. The Labute approximate surface area is 89.3 Å². The second-order valence-electron chi connectivity index (χ2n) is 3.65. The van der Waals surface area contributed by atoms with Crippen LogP contribution in [-0.4, -0.2) is 35.8 Å². The highest BCUT2D eigenvalue weighted by Gasteiger charge is 2.19. The van der Waals surface area contributed by atoms with Crippen LogP contribution in [0, 0.1) is 0 Å². The SMILES string of the molecule is CCC1CN(c2cnc(N)cn2)CCO1. The van der Waals surface area contributed by atoms with Crippen LogP contribution in [0.5, 0.6) is 0 Å². The zero-order chi connectivity index (χ0) is 10.7. The van der Waals surface area contributed by atoms with Gasteiger partial charge in [-0.3, -0.25) is 0 Å². The van der Waals surface area contributed by atoms with E-state index in [9.17, 15) is 0 Å². The molecule has 1 atom stereocenters. The second kappa shape index (κ2) is 4.44. The van der Waals surface area contributed by atoms with Gasteiger partial charge < -0.3 is 15.4 Å². The molecule has 0 radical (unpaired) electrons. The maximum atomic E-state index is 5.59. The molecule has 1 unspecified atom stereocenters. The summed E-state index contributed by atoms with van der Waals surface area (Å²) >= 11 is 0. The van der Waals surface area contributed by atoms with Crippen molar-refractivity contribution in [3.05, 3.63) is 12.4 Å². The van der Waals surface area contributed by atoms with E-state index in [1.807, 2.05) is 0 Å². The van der Waals surface area contributed by atoms with Crippen molar-refractivity contribution in [2.24, 2.45) is 0 Å². The quantitative estimate of drug-likeness (QED) is 0.774. The molecule has 0 amide bonds. The van der Waals surface area contributed by atoms with Gasteiger partial charge >= 0.3 is 0 Å². The van der Waals surface area contributed by atoms with Crippen molar-refractivity contribution in [1.29, 1.82) is 0 Å². The number of nitrogens with two attached hydrogens (primary N) is 1. The van der Waals surface area contributed by atoms with Crippen molar-refractivity contribution < 1.29 is 4.74 Å². The topological polar surface area (TPSA) is 64.3 Å². The predicted octanol–water partition coefficient (Wildman–Crippen LogP) is 0.674. The number of ether oxygens (including phenoxy) is 1. The number of hydrogen-bond acceptors (Lipinski definition) is 5. The highest BCUT2D eigenvalue weighted by atomic mass is 16.5. The lowest BCUT2D eigenvalue weighted by molar-refractivity contribution is 0.0381. The first-order valence-electron chi connectivity index (χ1n) is 5.23. The number of morpholine rings is 1. The minimum absolute atomic E-state index is 0.304. The average molecular weight is 208 g/mol. The van der Waals surface area contributed by atoms with Gasteiger partial charge in [0.1, 0.15) is 11.6 Å². The maximum absolute atomic E-state index is 5.59. The highest BCUT2D eigenvalue weighted by Crippen LogP contribution is 2.15. The van der Waals surface area contributed by atoms with Crippen molar-refractivity contribution in [3.8, 4) is 0 Å². The van der Waals surface area contributed by atoms with Crippen LogP contribution >= 0.6 is 0 Å². The van der Waals surface area contributed by atoms with Gasteiger partial charge in [0.05, 0.1) is 25.1 Å².